The molecule has 8 nitrogen and oxygen atoms in total. The number of nitrogens with one attached hydrogen (secondary N) is 1. The monoisotopic (exact) mass is 413 g/mol. The van der Waals surface area contributed by atoms with Gasteiger partial charge in [0.05, 0.1) is 6.54 Å². The van der Waals surface area contributed by atoms with Crippen molar-refractivity contribution in [2.75, 3.05) is 0 Å². The molecule has 0 spiro atoms. The summed E-state index contributed by atoms with van der Waals surface area (Å²) >= 11 is 0. The summed E-state index contributed by atoms with van der Waals surface area (Å²) in [6, 6.07) is 13.6. The molecule has 0 radical (unpaired) electrons. The number of hydrogen-bond donors (Lipinski definition) is 1. The first-order chi connectivity index (χ1) is 15.3. The molecule has 1 atom stereocenters. The van der Waals surface area contributed by atoms with Crippen molar-refractivity contribution in [3.05, 3.63) is 84.2 Å². The molecular formula is C23H23N7O. The van der Waals surface area contributed by atoms with Crippen molar-refractivity contribution in [2.24, 2.45) is 0 Å². The molecule has 0 saturated heterocycles. The second kappa shape index (κ2) is 8.51. The SMILES string of the molecule is O=C(NC1CCc2nnc(-c3ccncc3)n2CC1)c1cccc(Cn2cccn2)c1. The van der Waals surface area contributed by atoms with Crippen LogP contribution in [0.5, 0.6) is 0 Å². The van der Waals surface area contributed by atoms with Crippen molar-refractivity contribution >= 4 is 5.91 Å². The van der Waals surface area contributed by atoms with E-state index in [1.54, 1.807) is 18.6 Å². The molecule has 4 aromatic rings. The van der Waals surface area contributed by atoms with Crippen molar-refractivity contribution in [3.63, 3.8) is 0 Å². The summed E-state index contributed by atoms with van der Waals surface area (Å²) in [5.74, 6) is 1.78. The van der Waals surface area contributed by atoms with E-state index in [-0.39, 0.29) is 11.9 Å². The third kappa shape index (κ3) is 4.23. The molecule has 0 saturated carbocycles. The van der Waals surface area contributed by atoms with Gasteiger partial charge in [-0.25, -0.2) is 0 Å². The topological polar surface area (TPSA) is 90.5 Å². The van der Waals surface area contributed by atoms with E-state index in [1.807, 2.05) is 53.3 Å². The summed E-state index contributed by atoms with van der Waals surface area (Å²) in [5.41, 5.74) is 2.72. The van der Waals surface area contributed by atoms with Crippen LogP contribution in [0.2, 0.25) is 0 Å². The van der Waals surface area contributed by atoms with Gasteiger partial charge in [0.2, 0.25) is 0 Å². The molecule has 8 heteroatoms. The molecule has 0 aliphatic carbocycles. The highest BCUT2D eigenvalue weighted by Crippen LogP contribution is 2.22. The number of aromatic nitrogens is 6. The van der Waals surface area contributed by atoms with Crippen LogP contribution in [0.25, 0.3) is 11.4 Å². The number of amides is 1. The Morgan fingerprint density at radius 2 is 1.97 bits per heavy atom. The van der Waals surface area contributed by atoms with E-state index in [1.165, 1.54) is 0 Å². The highest BCUT2D eigenvalue weighted by molar-refractivity contribution is 5.94. The number of aryl methyl sites for hydroxylation is 1. The van der Waals surface area contributed by atoms with Crippen molar-refractivity contribution in [2.45, 2.75) is 38.4 Å². The molecule has 4 heterocycles. The molecule has 5 rings (SSSR count). The Bertz CT molecular complexity index is 1170. The van der Waals surface area contributed by atoms with E-state index >= 15 is 0 Å². The van der Waals surface area contributed by atoms with Crippen LogP contribution < -0.4 is 5.32 Å². The van der Waals surface area contributed by atoms with Gasteiger partial charge in [-0.05, 0) is 48.7 Å². The van der Waals surface area contributed by atoms with Crippen LogP contribution in [0.15, 0.2) is 67.3 Å². The maximum Gasteiger partial charge on any atom is 0.251 e. The highest BCUT2D eigenvalue weighted by atomic mass is 16.1. The van der Waals surface area contributed by atoms with Gasteiger partial charge in [-0.1, -0.05) is 12.1 Å². The zero-order valence-electron chi connectivity index (χ0n) is 17.1. The van der Waals surface area contributed by atoms with Crippen molar-refractivity contribution < 1.29 is 4.79 Å². The minimum atomic E-state index is -0.0423. The van der Waals surface area contributed by atoms with Gasteiger partial charge in [-0.3, -0.25) is 14.5 Å². The summed E-state index contributed by atoms with van der Waals surface area (Å²) in [5, 5.41) is 16.2. The zero-order chi connectivity index (χ0) is 21.0. The first-order valence-electron chi connectivity index (χ1n) is 10.5. The standard InChI is InChI=1S/C23H23N7O/c31-23(19-4-1-3-17(15-19)16-29-13-2-10-25-29)26-20-5-6-21-27-28-22(30(21)14-9-20)18-7-11-24-12-8-18/h1-4,7-8,10-13,15,20H,5-6,9,14,16H2,(H,26,31). The van der Waals surface area contributed by atoms with E-state index in [0.29, 0.717) is 12.1 Å². The summed E-state index contributed by atoms with van der Waals surface area (Å²) in [4.78, 5) is 17.0. The average Bonchev–Trinajstić information content (AvgIpc) is 3.42. The molecule has 3 aromatic heterocycles. The maximum absolute atomic E-state index is 12.9. The van der Waals surface area contributed by atoms with Gasteiger partial charge in [0, 0.05) is 54.9 Å². The van der Waals surface area contributed by atoms with Crippen molar-refractivity contribution in [1.29, 1.82) is 0 Å². The van der Waals surface area contributed by atoms with Gasteiger partial charge < -0.3 is 9.88 Å². The smallest absolute Gasteiger partial charge is 0.251 e. The Balaban J connectivity index is 1.25. The Kier molecular flexibility index (Phi) is 5.26. The van der Waals surface area contributed by atoms with Crippen LogP contribution >= 0.6 is 0 Å². The van der Waals surface area contributed by atoms with Gasteiger partial charge in [0.25, 0.3) is 5.91 Å². The second-order valence-electron chi connectivity index (χ2n) is 7.73. The Hall–Kier alpha value is -3.81. The third-order valence-electron chi connectivity index (χ3n) is 5.61. The summed E-state index contributed by atoms with van der Waals surface area (Å²) in [6.07, 6.45) is 9.64. The summed E-state index contributed by atoms with van der Waals surface area (Å²) < 4.78 is 4.00. The van der Waals surface area contributed by atoms with Gasteiger partial charge in [0.1, 0.15) is 5.82 Å². The van der Waals surface area contributed by atoms with Crippen LogP contribution in [0, 0.1) is 0 Å². The van der Waals surface area contributed by atoms with Gasteiger partial charge in [-0.15, -0.1) is 10.2 Å². The number of carbonyl (C=O) groups excluding carboxylic acids is 1. The van der Waals surface area contributed by atoms with Crippen LogP contribution in [0.1, 0.15) is 34.6 Å². The lowest BCUT2D eigenvalue weighted by Crippen LogP contribution is -2.35. The number of pyridine rings is 1. The minimum absolute atomic E-state index is 0.0423. The predicted molar refractivity (Wildman–Crippen MR) is 115 cm³/mol. The molecule has 1 unspecified atom stereocenters. The molecule has 1 aromatic carbocycles. The van der Waals surface area contributed by atoms with Crippen LogP contribution in [0.4, 0.5) is 0 Å². The van der Waals surface area contributed by atoms with E-state index < -0.39 is 0 Å². The summed E-state index contributed by atoms with van der Waals surface area (Å²) in [6.45, 7) is 1.41. The molecule has 1 N–H and O–H groups in total. The fraction of sp³-hybridized carbons (Fsp3) is 0.261. The lowest BCUT2D eigenvalue weighted by molar-refractivity contribution is 0.0933. The quantitative estimate of drug-likeness (QED) is 0.543. The first kappa shape index (κ1) is 19.2. The van der Waals surface area contributed by atoms with Gasteiger partial charge in [0.15, 0.2) is 5.82 Å². The van der Waals surface area contributed by atoms with Crippen molar-refractivity contribution in [3.8, 4) is 11.4 Å². The van der Waals surface area contributed by atoms with Crippen LogP contribution in [-0.4, -0.2) is 41.5 Å². The second-order valence-corrected chi connectivity index (χ2v) is 7.73. The highest BCUT2D eigenvalue weighted by Gasteiger charge is 2.22. The fourth-order valence-corrected chi connectivity index (χ4v) is 4.01. The average molecular weight is 413 g/mol. The molecule has 1 aliphatic rings. The third-order valence-corrected chi connectivity index (χ3v) is 5.61. The zero-order valence-corrected chi connectivity index (χ0v) is 17.1. The van der Waals surface area contributed by atoms with Crippen LogP contribution in [0.3, 0.4) is 0 Å². The summed E-state index contributed by atoms with van der Waals surface area (Å²) in [7, 11) is 0. The van der Waals surface area contributed by atoms with E-state index in [9.17, 15) is 4.79 Å². The number of rotatable bonds is 5. The normalized spacial score (nSPS) is 15.8. The predicted octanol–water partition coefficient (Wildman–Crippen LogP) is 2.72. The lowest BCUT2D eigenvalue weighted by atomic mass is 10.1. The van der Waals surface area contributed by atoms with E-state index in [2.05, 4.69) is 30.2 Å². The van der Waals surface area contributed by atoms with E-state index in [0.717, 1.165) is 48.6 Å². The van der Waals surface area contributed by atoms with E-state index in [4.69, 9.17) is 0 Å². The van der Waals surface area contributed by atoms with Gasteiger partial charge in [-0.2, -0.15) is 5.10 Å². The minimum Gasteiger partial charge on any atom is -0.349 e. The molecule has 0 fully saturated rings. The lowest BCUT2D eigenvalue weighted by Gasteiger charge is -2.16. The largest absolute Gasteiger partial charge is 0.349 e. The Morgan fingerprint density at radius 1 is 1.06 bits per heavy atom. The number of benzene rings is 1. The van der Waals surface area contributed by atoms with Crippen LogP contribution in [-0.2, 0) is 19.5 Å². The fourth-order valence-electron chi connectivity index (χ4n) is 4.01. The molecule has 31 heavy (non-hydrogen) atoms. The Morgan fingerprint density at radius 3 is 2.81 bits per heavy atom. The number of nitrogens with zero attached hydrogens (tertiary/aromatic N) is 6. The Labute approximate surface area is 180 Å². The first-order valence-corrected chi connectivity index (χ1v) is 10.5. The molecule has 156 valence electrons. The number of hydrogen-bond acceptors (Lipinski definition) is 5. The molecule has 0 bridgehead atoms. The maximum atomic E-state index is 12.9. The molecule has 1 aliphatic heterocycles. The molecule has 1 amide bonds. The molecular weight excluding hydrogens is 390 g/mol. The number of fused-ring (bicyclic) bond motifs is 1. The van der Waals surface area contributed by atoms with Crippen molar-refractivity contribution in [1.82, 2.24) is 34.8 Å². The van der Waals surface area contributed by atoms with Gasteiger partial charge >= 0.3 is 0 Å². The number of carbonyl (C=O) groups is 1.